The Balaban J connectivity index is 1.52. The maximum Gasteiger partial charge on any atom is 0.341 e. The van der Waals surface area contributed by atoms with Crippen LogP contribution in [0.25, 0.3) is 0 Å². The van der Waals surface area contributed by atoms with E-state index in [0.29, 0.717) is 28.2 Å². The summed E-state index contributed by atoms with van der Waals surface area (Å²) in [7, 11) is -3.85. The predicted molar refractivity (Wildman–Crippen MR) is 124 cm³/mol. The number of nitrogens with zero attached hydrogens (tertiary/aromatic N) is 1. The van der Waals surface area contributed by atoms with E-state index in [4.69, 9.17) is 9.88 Å². The Hall–Kier alpha value is -2.76. The number of hydrogen-bond donors (Lipinski definition) is 2. The standard InChI is InChI=1S/C22H25N3O6S2/c1-12-9-14-10-15(33(23,29)30)7-8-17(14)25(12)19(27)11-31-22(28)20-16-5-3-4-6-18(16)32-21(20)24-13(2)26/h7-8,10,12H,3-6,9,11H2,1-2H3,(H,24,26)(H2,23,29,30). The van der Waals surface area contributed by atoms with Gasteiger partial charge in [0.15, 0.2) is 6.61 Å². The summed E-state index contributed by atoms with van der Waals surface area (Å²) >= 11 is 1.39. The summed E-state index contributed by atoms with van der Waals surface area (Å²) in [5.41, 5.74) is 2.49. The molecular formula is C22H25N3O6S2. The van der Waals surface area contributed by atoms with E-state index in [0.717, 1.165) is 36.1 Å². The van der Waals surface area contributed by atoms with Crippen molar-refractivity contribution in [3.8, 4) is 0 Å². The third-order valence-corrected chi connectivity index (χ3v) is 7.97. The molecule has 11 heteroatoms. The quantitative estimate of drug-likeness (QED) is 0.617. The van der Waals surface area contributed by atoms with E-state index in [1.807, 2.05) is 6.92 Å². The van der Waals surface area contributed by atoms with Crippen LogP contribution in [0.15, 0.2) is 23.1 Å². The molecule has 2 heterocycles. The largest absolute Gasteiger partial charge is 0.452 e. The molecule has 2 aromatic rings. The van der Waals surface area contributed by atoms with Crippen LogP contribution in [0.2, 0.25) is 0 Å². The first kappa shape index (κ1) is 23.4. The van der Waals surface area contributed by atoms with Crippen LogP contribution in [0.5, 0.6) is 0 Å². The fraction of sp³-hybridized carbons (Fsp3) is 0.409. The molecule has 0 bridgehead atoms. The third kappa shape index (κ3) is 4.66. The van der Waals surface area contributed by atoms with Gasteiger partial charge < -0.3 is 15.0 Å². The fourth-order valence-electron chi connectivity index (χ4n) is 4.46. The maximum atomic E-state index is 13.0. The molecule has 4 rings (SSSR count). The van der Waals surface area contributed by atoms with Gasteiger partial charge in [0.2, 0.25) is 15.9 Å². The number of primary sulfonamides is 1. The Kier molecular flexibility index (Phi) is 6.30. The van der Waals surface area contributed by atoms with Gasteiger partial charge in [0.25, 0.3) is 5.91 Å². The van der Waals surface area contributed by atoms with Gasteiger partial charge in [0, 0.05) is 23.5 Å². The second kappa shape index (κ2) is 8.88. The number of hydrogen-bond acceptors (Lipinski definition) is 7. The van der Waals surface area contributed by atoms with Crippen LogP contribution in [0, 0.1) is 0 Å². The minimum Gasteiger partial charge on any atom is -0.452 e. The number of nitrogens with one attached hydrogen (secondary N) is 1. The van der Waals surface area contributed by atoms with Crippen LogP contribution in [-0.2, 0) is 43.6 Å². The van der Waals surface area contributed by atoms with Crippen molar-refractivity contribution >= 4 is 49.8 Å². The molecular weight excluding hydrogens is 466 g/mol. The Morgan fingerprint density at radius 3 is 2.67 bits per heavy atom. The summed E-state index contributed by atoms with van der Waals surface area (Å²) in [4.78, 5) is 40.1. The number of amides is 2. The molecule has 3 N–H and O–H groups in total. The average molecular weight is 492 g/mol. The molecule has 9 nitrogen and oxygen atoms in total. The van der Waals surface area contributed by atoms with Crippen molar-refractivity contribution < 1.29 is 27.5 Å². The number of carbonyl (C=O) groups is 3. The molecule has 1 aliphatic carbocycles. The topological polar surface area (TPSA) is 136 Å². The number of sulfonamides is 1. The molecule has 0 spiro atoms. The minimum atomic E-state index is -3.85. The van der Waals surface area contributed by atoms with Gasteiger partial charge in [0.05, 0.1) is 10.5 Å². The molecule has 1 aromatic heterocycles. The Morgan fingerprint density at radius 1 is 1.24 bits per heavy atom. The monoisotopic (exact) mass is 491 g/mol. The third-order valence-electron chi connectivity index (χ3n) is 5.86. The second-order valence-electron chi connectivity index (χ2n) is 8.32. The van der Waals surface area contributed by atoms with Gasteiger partial charge in [-0.05, 0) is 68.4 Å². The summed E-state index contributed by atoms with van der Waals surface area (Å²) in [5, 5.41) is 8.38. The number of rotatable bonds is 5. The van der Waals surface area contributed by atoms with E-state index < -0.39 is 28.5 Å². The van der Waals surface area contributed by atoms with Crippen LogP contribution >= 0.6 is 11.3 Å². The number of fused-ring (bicyclic) bond motifs is 2. The molecule has 0 radical (unpaired) electrons. The minimum absolute atomic E-state index is 0.0121. The number of carbonyl (C=O) groups excluding carboxylic acids is 3. The van der Waals surface area contributed by atoms with Crippen LogP contribution in [0.1, 0.15) is 53.1 Å². The summed E-state index contributed by atoms with van der Waals surface area (Å²) in [6, 6.07) is 4.14. The molecule has 0 saturated carbocycles. The summed E-state index contributed by atoms with van der Waals surface area (Å²) < 4.78 is 28.7. The molecule has 1 atom stereocenters. The number of nitrogens with two attached hydrogens (primary N) is 1. The summed E-state index contributed by atoms with van der Waals surface area (Å²) in [5.74, 6) is -1.33. The lowest BCUT2D eigenvalue weighted by molar-refractivity contribution is -0.122. The molecule has 0 fully saturated rings. The first-order chi connectivity index (χ1) is 15.6. The van der Waals surface area contributed by atoms with Crippen molar-refractivity contribution in [2.75, 3.05) is 16.8 Å². The van der Waals surface area contributed by atoms with Crippen molar-refractivity contribution in [3.05, 3.63) is 39.8 Å². The zero-order chi connectivity index (χ0) is 23.9. The van der Waals surface area contributed by atoms with Gasteiger partial charge in [-0.25, -0.2) is 18.4 Å². The van der Waals surface area contributed by atoms with Gasteiger partial charge in [-0.3, -0.25) is 9.59 Å². The lowest BCUT2D eigenvalue weighted by atomic mass is 9.95. The van der Waals surface area contributed by atoms with Crippen molar-refractivity contribution in [1.29, 1.82) is 0 Å². The van der Waals surface area contributed by atoms with Gasteiger partial charge in [-0.15, -0.1) is 11.3 Å². The van der Waals surface area contributed by atoms with Crippen LogP contribution in [0.4, 0.5) is 10.7 Å². The molecule has 1 unspecified atom stereocenters. The molecule has 1 aliphatic heterocycles. The Bertz CT molecular complexity index is 1250. The van der Waals surface area contributed by atoms with E-state index in [-0.39, 0.29) is 16.8 Å². The summed E-state index contributed by atoms with van der Waals surface area (Å²) in [6.07, 6.45) is 4.02. The van der Waals surface area contributed by atoms with Gasteiger partial charge in [0.1, 0.15) is 5.00 Å². The van der Waals surface area contributed by atoms with Crippen molar-refractivity contribution in [1.82, 2.24) is 0 Å². The second-order valence-corrected chi connectivity index (χ2v) is 11.0. The highest BCUT2D eigenvalue weighted by Crippen LogP contribution is 2.39. The van der Waals surface area contributed by atoms with E-state index in [1.54, 1.807) is 6.07 Å². The molecule has 1 aromatic carbocycles. The van der Waals surface area contributed by atoms with E-state index >= 15 is 0 Å². The first-order valence-electron chi connectivity index (χ1n) is 10.6. The number of esters is 1. The number of aryl methyl sites for hydroxylation is 1. The van der Waals surface area contributed by atoms with Gasteiger partial charge >= 0.3 is 5.97 Å². The molecule has 176 valence electrons. The Labute approximate surface area is 196 Å². The lowest BCUT2D eigenvalue weighted by Crippen LogP contribution is -2.38. The predicted octanol–water partition coefficient (Wildman–Crippen LogP) is 2.37. The van der Waals surface area contributed by atoms with Gasteiger partial charge in [-0.2, -0.15) is 0 Å². The SMILES string of the molecule is CC(=O)Nc1sc2c(c1C(=O)OCC(=O)N1c3ccc(S(N)(=O)=O)cc3CC1C)CCCC2. The Morgan fingerprint density at radius 2 is 1.97 bits per heavy atom. The van der Waals surface area contributed by atoms with Crippen LogP contribution in [0.3, 0.4) is 0 Å². The number of thiophene rings is 1. The molecule has 0 saturated heterocycles. The molecule has 33 heavy (non-hydrogen) atoms. The van der Waals surface area contributed by atoms with E-state index in [1.165, 1.54) is 35.3 Å². The van der Waals surface area contributed by atoms with Crippen molar-refractivity contribution in [3.63, 3.8) is 0 Å². The highest BCUT2D eigenvalue weighted by molar-refractivity contribution is 7.89. The normalized spacial score (nSPS) is 17.3. The van der Waals surface area contributed by atoms with Crippen molar-refractivity contribution in [2.45, 2.75) is 56.9 Å². The highest BCUT2D eigenvalue weighted by Gasteiger charge is 2.33. The molecule has 2 amide bonds. The van der Waals surface area contributed by atoms with Gasteiger partial charge in [-0.1, -0.05) is 0 Å². The number of benzene rings is 1. The van der Waals surface area contributed by atoms with Crippen molar-refractivity contribution in [2.24, 2.45) is 5.14 Å². The smallest absolute Gasteiger partial charge is 0.341 e. The first-order valence-corrected chi connectivity index (χ1v) is 13.0. The molecule has 2 aliphatic rings. The number of ether oxygens (including phenoxy) is 1. The zero-order valence-electron chi connectivity index (χ0n) is 18.3. The van der Waals surface area contributed by atoms with Crippen LogP contribution < -0.4 is 15.4 Å². The zero-order valence-corrected chi connectivity index (χ0v) is 20.0. The highest BCUT2D eigenvalue weighted by atomic mass is 32.2. The number of anilines is 2. The average Bonchev–Trinajstić information content (AvgIpc) is 3.26. The maximum absolute atomic E-state index is 13.0. The van der Waals surface area contributed by atoms with E-state index in [2.05, 4.69) is 5.32 Å². The van der Waals surface area contributed by atoms with E-state index in [9.17, 15) is 22.8 Å². The lowest BCUT2D eigenvalue weighted by Gasteiger charge is -2.22. The summed E-state index contributed by atoms with van der Waals surface area (Å²) in [6.45, 7) is 2.75. The fourth-order valence-corrected chi connectivity index (χ4v) is 6.35. The van der Waals surface area contributed by atoms with Crippen LogP contribution in [-0.4, -0.2) is 38.9 Å².